The Morgan fingerprint density at radius 3 is 2.60 bits per heavy atom. The first-order valence-corrected chi connectivity index (χ1v) is 7.23. The first-order valence-electron chi connectivity index (χ1n) is 5.84. The fraction of sp³-hybridized carbons (Fsp3) is 0.909. The molecule has 2 rings (SSSR count). The average molecular weight is 245 g/mol. The van der Waals surface area contributed by atoms with Crippen LogP contribution in [0, 0.1) is 11.8 Å². The van der Waals surface area contributed by atoms with Crippen LogP contribution in [-0.2, 0) is 0 Å². The Morgan fingerprint density at radius 1 is 1.33 bits per heavy atom. The van der Waals surface area contributed by atoms with E-state index in [-0.39, 0.29) is 6.61 Å². The Balaban J connectivity index is 1.73. The Bertz CT molecular complexity index is 223. The van der Waals surface area contributed by atoms with Gasteiger partial charge in [0.15, 0.2) is 0 Å². The van der Waals surface area contributed by atoms with E-state index in [4.69, 9.17) is 17.3 Å². The maximum Gasteiger partial charge on any atom is 0.136 e. The highest BCUT2D eigenvalue weighted by Gasteiger charge is 2.36. The van der Waals surface area contributed by atoms with Crippen LogP contribution in [0.4, 0.5) is 0 Å². The number of aliphatic hydroxyl groups is 1. The molecule has 15 heavy (non-hydrogen) atoms. The monoisotopic (exact) mass is 245 g/mol. The van der Waals surface area contributed by atoms with E-state index in [1.165, 1.54) is 32.4 Å². The van der Waals surface area contributed by atoms with E-state index >= 15 is 0 Å². The first-order chi connectivity index (χ1) is 7.31. The largest absolute Gasteiger partial charge is 0.396 e. The second-order valence-corrected chi connectivity index (χ2v) is 6.28. The molecule has 1 aliphatic heterocycles. The summed E-state index contributed by atoms with van der Waals surface area (Å²) in [5, 5.41) is 8.71. The van der Waals surface area contributed by atoms with Crippen molar-refractivity contribution in [3.05, 3.63) is 0 Å². The van der Waals surface area contributed by atoms with Crippen molar-refractivity contribution < 1.29 is 5.11 Å². The molecule has 0 aromatic heterocycles. The van der Waals surface area contributed by atoms with Crippen molar-refractivity contribution in [1.82, 2.24) is 4.90 Å². The molecule has 1 heterocycles. The van der Waals surface area contributed by atoms with Crippen LogP contribution in [0.3, 0.4) is 0 Å². The standard InChI is InChI=1S/C11H19NOS2/c13-5-2-6-15-11(14)12-7-9-3-1-4-10(9)8-12/h9-10,13H,1-8H2. The number of hydrogen-bond donors (Lipinski definition) is 1. The molecule has 0 radical (unpaired) electrons. The third-order valence-electron chi connectivity index (χ3n) is 3.51. The van der Waals surface area contributed by atoms with Crippen LogP contribution in [0.1, 0.15) is 25.7 Å². The third kappa shape index (κ3) is 2.86. The molecular weight excluding hydrogens is 226 g/mol. The molecule has 86 valence electrons. The van der Waals surface area contributed by atoms with Crippen molar-refractivity contribution in [2.75, 3.05) is 25.4 Å². The van der Waals surface area contributed by atoms with Crippen LogP contribution >= 0.6 is 24.0 Å². The van der Waals surface area contributed by atoms with Gasteiger partial charge in [0.05, 0.1) is 0 Å². The molecule has 1 aliphatic carbocycles. The number of rotatable bonds is 3. The van der Waals surface area contributed by atoms with E-state index in [9.17, 15) is 0 Å². The van der Waals surface area contributed by atoms with Gasteiger partial charge >= 0.3 is 0 Å². The highest BCUT2D eigenvalue weighted by Crippen LogP contribution is 2.38. The quantitative estimate of drug-likeness (QED) is 0.608. The lowest BCUT2D eigenvalue weighted by Gasteiger charge is -2.19. The van der Waals surface area contributed by atoms with Gasteiger partial charge in [-0.15, -0.1) is 0 Å². The van der Waals surface area contributed by atoms with Gasteiger partial charge in [0.25, 0.3) is 0 Å². The molecule has 2 atom stereocenters. The van der Waals surface area contributed by atoms with Crippen molar-refractivity contribution in [3.63, 3.8) is 0 Å². The lowest BCUT2D eigenvalue weighted by atomic mass is 10.0. The minimum absolute atomic E-state index is 0.279. The Labute approximate surface area is 101 Å². The van der Waals surface area contributed by atoms with Crippen LogP contribution in [0.5, 0.6) is 0 Å². The third-order valence-corrected chi connectivity index (χ3v) is 5.12. The molecule has 1 saturated heterocycles. The van der Waals surface area contributed by atoms with Crippen LogP contribution in [-0.4, -0.2) is 39.8 Å². The highest BCUT2D eigenvalue weighted by molar-refractivity contribution is 8.22. The van der Waals surface area contributed by atoms with E-state index in [1.807, 2.05) is 0 Å². The van der Waals surface area contributed by atoms with Gasteiger partial charge in [-0.2, -0.15) is 0 Å². The summed E-state index contributed by atoms with van der Waals surface area (Å²) in [6.45, 7) is 2.66. The number of aliphatic hydroxyl groups excluding tert-OH is 1. The van der Waals surface area contributed by atoms with Crippen LogP contribution < -0.4 is 0 Å². The summed E-state index contributed by atoms with van der Waals surface area (Å²) < 4.78 is 1.05. The predicted octanol–water partition coefficient (Wildman–Crippen LogP) is 2.12. The second-order valence-electron chi connectivity index (χ2n) is 4.55. The zero-order chi connectivity index (χ0) is 10.7. The van der Waals surface area contributed by atoms with Gasteiger partial charge in [0, 0.05) is 25.4 Å². The lowest BCUT2D eigenvalue weighted by Crippen LogP contribution is -2.25. The van der Waals surface area contributed by atoms with Gasteiger partial charge < -0.3 is 10.0 Å². The van der Waals surface area contributed by atoms with Crippen molar-refractivity contribution in [3.8, 4) is 0 Å². The van der Waals surface area contributed by atoms with E-state index in [0.29, 0.717) is 0 Å². The molecule has 2 fully saturated rings. The SMILES string of the molecule is OCCCSC(=S)N1CC2CCCC2C1. The molecular formula is C11H19NOS2. The normalized spacial score (nSPS) is 29.5. The molecule has 2 aliphatic rings. The summed E-state index contributed by atoms with van der Waals surface area (Å²) in [6, 6.07) is 0. The van der Waals surface area contributed by atoms with Crippen LogP contribution in [0.2, 0.25) is 0 Å². The van der Waals surface area contributed by atoms with Crippen LogP contribution in [0.15, 0.2) is 0 Å². The van der Waals surface area contributed by atoms with E-state index in [1.54, 1.807) is 11.8 Å². The van der Waals surface area contributed by atoms with E-state index in [2.05, 4.69) is 4.90 Å². The highest BCUT2D eigenvalue weighted by atomic mass is 32.2. The summed E-state index contributed by atoms with van der Waals surface area (Å²) in [5.41, 5.74) is 0. The first kappa shape index (κ1) is 11.7. The lowest BCUT2D eigenvalue weighted by molar-refractivity contribution is 0.296. The Kier molecular flexibility index (Phi) is 4.29. The molecule has 0 aromatic rings. The summed E-state index contributed by atoms with van der Waals surface area (Å²) in [5.74, 6) is 2.80. The van der Waals surface area contributed by atoms with Crippen molar-refractivity contribution in [1.29, 1.82) is 0 Å². The molecule has 2 unspecified atom stereocenters. The molecule has 0 spiro atoms. The molecule has 4 heteroatoms. The number of fused-ring (bicyclic) bond motifs is 1. The maximum atomic E-state index is 8.71. The molecule has 0 bridgehead atoms. The number of thiocarbonyl (C=S) groups is 1. The van der Waals surface area contributed by atoms with Crippen molar-refractivity contribution >= 4 is 28.3 Å². The molecule has 2 nitrogen and oxygen atoms in total. The van der Waals surface area contributed by atoms with Crippen molar-refractivity contribution in [2.24, 2.45) is 11.8 Å². The molecule has 0 amide bonds. The molecule has 1 N–H and O–H groups in total. The fourth-order valence-corrected chi connectivity index (χ4v) is 3.88. The zero-order valence-corrected chi connectivity index (χ0v) is 10.7. The summed E-state index contributed by atoms with van der Waals surface area (Å²) in [4.78, 5) is 2.38. The number of likely N-dealkylation sites (tertiary alicyclic amines) is 1. The molecule has 0 aromatic carbocycles. The smallest absolute Gasteiger partial charge is 0.136 e. The van der Waals surface area contributed by atoms with Gasteiger partial charge in [0.2, 0.25) is 0 Å². The summed E-state index contributed by atoms with van der Waals surface area (Å²) in [7, 11) is 0. The maximum absolute atomic E-state index is 8.71. The Hall–Kier alpha value is 0.200. The number of nitrogens with zero attached hydrogens (tertiary/aromatic N) is 1. The van der Waals surface area contributed by atoms with E-state index < -0.39 is 0 Å². The zero-order valence-electron chi connectivity index (χ0n) is 9.02. The minimum Gasteiger partial charge on any atom is -0.396 e. The van der Waals surface area contributed by atoms with Gasteiger partial charge in [-0.05, 0) is 31.1 Å². The van der Waals surface area contributed by atoms with Gasteiger partial charge in [-0.25, -0.2) is 0 Å². The predicted molar refractivity (Wildman–Crippen MR) is 69.2 cm³/mol. The van der Waals surface area contributed by atoms with Gasteiger partial charge in [-0.3, -0.25) is 0 Å². The number of thioether (sulfide) groups is 1. The van der Waals surface area contributed by atoms with Crippen molar-refractivity contribution in [2.45, 2.75) is 25.7 Å². The topological polar surface area (TPSA) is 23.5 Å². The minimum atomic E-state index is 0.279. The number of hydrogen-bond acceptors (Lipinski definition) is 3. The average Bonchev–Trinajstić information content (AvgIpc) is 2.76. The van der Waals surface area contributed by atoms with Gasteiger partial charge in [0.1, 0.15) is 4.32 Å². The van der Waals surface area contributed by atoms with E-state index in [0.717, 1.165) is 28.3 Å². The summed E-state index contributed by atoms with van der Waals surface area (Å²) >= 11 is 7.15. The fourth-order valence-electron chi connectivity index (χ4n) is 2.70. The molecule has 1 saturated carbocycles. The Morgan fingerprint density at radius 2 is 2.00 bits per heavy atom. The van der Waals surface area contributed by atoms with Crippen LogP contribution in [0.25, 0.3) is 0 Å². The second kappa shape index (κ2) is 5.51. The summed E-state index contributed by atoms with van der Waals surface area (Å²) in [6.07, 6.45) is 5.09. The van der Waals surface area contributed by atoms with Gasteiger partial charge in [-0.1, -0.05) is 30.4 Å².